The average Bonchev–Trinajstić information content (AvgIpc) is 2.67. The van der Waals surface area contributed by atoms with Gasteiger partial charge < -0.3 is 9.84 Å². The summed E-state index contributed by atoms with van der Waals surface area (Å²) in [6, 6.07) is 0. The van der Waals surface area contributed by atoms with Crippen molar-refractivity contribution < 1.29 is 14.6 Å². The molecule has 0 amide bonds. The van der Waals surface area contributed by atoms with Crippen molar-refractivity contribution in [2.45, 2.75) is 13.8 Å². The van der Waals surface area contributed by atoms with Crippen molar-refractivity contribution in [2.75, 3.05) is 6.61 Å². The zero-order chi connectivity index (χ0) is 11.0. The Kier molecular flexibility index (Phi) is 2.36. The first-order chi connectivity index (χ1) is 7.15. The molecule has 0 spiro atoms. The van der Waals surface area contributed by atoms with Crippen molar-refractivity contribution in [3.8, 4) is 5.88 Å². The predicted molar refractivity (Wildman–Crippen MR) is 55.4 cm³/mol. The van der Waals surface area contributed by atoms with E-state index in [1.807, 2.05) is 12.3 Å². The molecule has 80 valence electrons. The summed E-state index contributed by atoms with van der Waals surface area (Å²) in [6.45, 7) is 3.85. The first-order valence-corrected chi connectivity index (χ1v) is 5.36. The fourth-order valence-corrected chi connectivity index (χ4v) is 2.27. The quantitative estimate of drug-likeness (QED) is 0.790. The van der Waals surface area contributed by atoms with E-state index in [1.54, 1.807) is 6.92 Å². The molecule has 2 aromatic heterocycles. The lowest BCUT2D eigenvalue weighted by molar-refractivity contribution is 0.0525. The number of esters is 1. The Morgan fingerprint density at radius 3 is 3.13 bits per heavy atom. The summed E-state index contributed by atoms with van der Waals surface area (Å²) in [6.07, 6.45) is 0. The number of aryl methyl sites for hydroxylation is 1. The number of fused-ring (bicyclic) bond motifs is 1. The maximum Gasteiger partial charge on any atom is 0.346 e. The minimum absolute atomic E-state index is 0.148. The lowest BCUT2D eigenvalue weighted by Gasteiger charge is -1.97. The highest BCUT2D eigenvalue weighted by Crippen LogP contribution is 2.27. The Bertz CT molecular complexity index is 515. The van der Waals surface area contributed by atoms with E-state index in [1.165, 1.54) is 15.9 Å². The number of aromatic hydroxyl groups is 1. The lowest BCUT2D eigenvalue weighted by Crippen LogP contribution is -2.03. The van der Waals surface area contributed by atoms with Gasteiger partial charge in [-0.2, -0.15) is 0 Å². The number of ether oxygens (including phenoxy) is 1. The molecule has 5 nitrogen and oxygen atoms in total. The number of nitrogens with zero attached hydrogens (tertiary/aromatic N) is 2. The van der Waals surface area contributed by atoms with Crippen LogP contribution in [0.2, 0.25) is 0 Å². The maximum atomic E-state index is 11.5. The van der Waals surface area contributed by atoms with Crippen LogP contribution in [0.15, 0.2) is 5.38 Å². The predicted octanol–water partition coefficient (Wildman–Crippen LogP) is 1.59. The molecule has 1 N–H and O–H groups in total. The van der Waals surface area contributed by atoms with E-state index in [0.29, 0.717) is 4.83 Å². The fourth-order valence-electron chi connectivity index (χ4n) is 1.31. The van der Waals surface area contributed by atoms with Crippen molar-refractivity contribution in [3.63, 3.8) is 0 Å². The van der Waals surface area contributed by atoms with E-state index < -0.39 is 5.97 Å². The summed E-state index contributed by atoms with van der Waals surface area (Å²) in [4.78, 5) is 12.1. The SMILES string of the molecule is CCOC(=O)c1c(O)nn2c(C)csc12. The number of carbonyl (C=O) groups excluding carboxylic acids is 1. The summed E-state index contributed by atoms with van der Waals surface area (Å²) in [5, 5.41) is 15.2. The fraction of sp³-hybridized carbons (Fsp3) is 0.333. The molecule has 0 aliphatic rings. The normalized spacial score (nSPS) is 10.8. The molecule has 0 aromatic carbocycles. The van der Waals surface area contributed by atoms with Gasteiger partial charge in [-0.15, -0.1) is 16.4 Å². The van der Waals surface area contributed by atoms with Crippen molar-refractivity contribution in [1.29, 1.82) is 0 Å². The minimum atomic E-state index is -0.535. The van der Waals surface area contributed by atoms with Gasteiger partial charge in [0.2, 0.25) is 5.88 Å². The van der Waals surface area contributed by atoms with E-state index >= 15 is 0 Å². The molecule has 2 rings (SSSR count). The highest BCUT2D eigenvalue weighted by atomic mass is 32.1. The number of hydrogen-bond acceptors (Lipinski definition) is 5. The zero-order valence-electron chi connectivity index (χ0n) is 8.35. The van der Waals surface area contributed by atoms with Crippen LogP contribution in [-0.2, 0) is 4.74 Å². The van der Waals surface area contributed by atoms with Crippen molar-refractivity contribution in [1.82, 2.24) is 9.61 Å². The van der Waals surface area contributed by atoms with E-state index in [-0.39, 0.29) is 18.1 Å². The first-order valence-electron chi connectivity index (χ1n) is 4.48. The van der Waals surface area contributed by atoms with Gasteiger partial charge in [-0.25, -0.2) is 9.31 Å². The van der Waals surface area contributed by atoms with Crippen LogP contribution < -0.4 is 0 Å². The van der Waals surface area contributed by atoms with Crippen LogP contribution in [0, 0.1) is 6.92 Å². The smallest absolute Gasteiger partial charge is 0.346 e. The van der Waals surface area contributed by atoms with E-state index in [0.717, 1.165) is 5.69 Å². The molecule has 0 bridgehead atoms. The molecule has 0 saturated heterocycles. The van der Waals surface area contributed by atoms with Gasteiger partial charge in [0.1, 0.15) is 4.83 Å². The number of hydrogen-bond donors (Lipinski definition) is 1. The van der Waals surface area contributed by atoms with E-state index in [9.17, 15) is 9.90 Å². The minimum Gasteiger partial charge on any atom is -0.492 e. The van der Waals surface area contributed by atoms with Gasteiger partial charge in [-0.3, -0.25) is 0 Å². The molecular formula is C9H10N2O3S. The zero-order valence-corrected chi connectivity index (χ0v) is 9.17. The molecule has 0 radical (unpaired) electrons. The lowest BCUT2D eigenvalue weighted by atomic mass is 10.3. The van der Waals surface area contributed by atoms with Crippen LogP contribution in [0.4, 0.5) is 0 Å². The van der Waals surface area contributed by atoms with Crippen LogP contribution in [-0.4, -0.2) is 27.3 Å². The molecule has 2 aromatic rings. The van der Waals surface area contributed by atoms with Crippen LogP contribution in [0.1, 0.15) is 23.0 Å². The summed E-state index contributed by atoms with van der Waals surface area (Å²) in [5.74, 6) is -0.810. The Labute approximate surface area is 89.9 Å². The number of aromatic nitrogens is 2. The molecular weight excluding hydrogens is 216 g/mol. The molecule has 0 saturated carbocycles. The third kappa shape index (κ3) is 1.46. The molecule has 0 aliphatic carbocycles. The van der Waals surface area contributed by atoms with Gasteiger partial charge in [-0.05, 0) is 13.8 Å². The van der Waals surface area contributed by atoms with Crippen molar-refractivity contribution in [2.24, 2.45) is 0 Å². The standard InChI is InChI=1S/C9H10N2O3S/c1-3-14-9(13)6-7(12)10-11-5(2)4-15-8(6)11/h4H,3H2,1-2H3,(H,10,12). The van der Waals surface area contributed by atoms with Gasteiger partial charge in [0.05, 0.1) is 12.3 Å². The van der Waals surface area contributed by atoms with Crippen molar-refractivity contribution in [3.05, 3.63) is 16.6 Å². The van der Waals surface area contributed by atoms with E-state index in [2.05, 4.69) is 5.10 Å². The molecule has 0 aliphatic heterocycles. The highest BCUT2D eigenvalue weighted by molar-refractivity contribution is 7.16. The average molecular weight is 226 g/mol. The highest BCUT2D eigenvalue weighted by Gasteiger charge is 2.22. The Balaban J connectivity index is 2.58. The van der Waals surface area contributed by atoms with Gasteiger partial charge in [-0.1, -0.05) is 0 Å². The van der Waals surface area contributed by atoms with Crippen LogP contribution in [0.25, 0.3) is 4.83 Å². The van der Waals surface area contributed by atoms with Gasteiger partial charge >= 0.3 is 5.97 Å². The molecule has 0 atom stereocenters. The van der Waals surface area contributed by atoms with Gasteiger partial charge in [0.15, 0.2) is 5.56 Å². The Morgan fingerprint density at radius 1 is 1.73 bits per heavy atom. The summed E-state index contributed by atoms with van der Waals surface area (Å²) >= 11 is 1.36. The largest absolute Gasteiger partial charge is 0.492 e. The first kappa shape index (κ1) is 9.97. The van der Waals surface area contributed by atoms with E-state index in [4.69, 9.17) is 4.74 Å². The Morgan fingerprint density at radius 2 is 2.47 bits per heavy atom. The molecule has 2 heterocycles. The second-order valence-corrected chi connectivity index (χ2v) is 3.87. The topological polar surface area (TPSA) is 63.8 Å². The third-order valence-corrected chi connectivity index (χ3v) is 3.04. The second kappa shape index (κ2) is 3.54. The van der Waals surface area contributed by atoms with Crippen LogP contribution in [0.5, 0.6) is 5.88 Å². The summed E-state index contributed by atoms with van der Waals surface area (Å²) in [5.41, 5.74) is 1.02. The van der Waals surface area contributed by atoms with Crippen LogP contribution in [0.3, 0.4) is 0 Å². The number of rotatable bonds is 2. The molecule has 0 unspecified atom stereocenters. The Hall–Kier alpha value is -1.56. The van der Waals surface area contributed by atoms with Crippen molar-refractivity contribution >= 4 is 22.1 Å². The van der Waals surface area contributed by atoms with Gasteiger partial charge in [0.25, 0.3) is 0 Å². The summed E-state index contributed by atoms with van der Waals surface area (Å²) < 4.78 is 6.37. The monoisotopic (exact) mass is 226 g/mol. The van der Waals surface area contributed by atoms with Gasteiger partial charge in [0, 0.05) is 5.38 Å². The third-order valence-electron chi connectivity index (χ3n) is 1.98. The summed E-state index contributed by atoms with van der Waals surface area (Å²) in [7, 11) is 0. The second-order valence-electron chi connectivity index (χ2n) is 3.01. The molecule has 0 fully saturated rings. The number of thiazole rings is 1. The molecule has 6 heteroatoms. The maximum absolute atomic E-state index is 11.5. The number of carbonyl (C=O) groups is 1. The molecule has 15 heavy (non-hydrogen) atoms. The van der Waals surface area contributed by atoms with Crippen LogP contribution >= 0.6 is 11.3 Å².